The zero-order valence-corrected chi connectivity index (χ0v) is 29.9. The molecular formula is C36H40Cl2SiZr. The van der Waals surface area contributed by atoms with Gasteiger partial charge in [-0.2, -0.15) is 0 Å². The number of halogens is 2. The molecule has 4 aromatic rings. The summed E-state index contributed by atoms with van der Waals surface area (Å²) in [7, 11) is 0. The van der Waals surface area contributed by atoms with Crippen LogP contribution >= 0.6 is 24.8 Å². The minimum absolute atomic E-state index is 0. The summed E-state index contributed by atoms with van der Waals surface area (Å²) >= 11 is -3.57. The molecule has 2 atom stereocenters. The Morgan fingerprint density at radius 3 is 1.23 bits per heavy atom. The number of rotatable bonds is 4. The smallest absolute Gasteiger partial charge is 0.147 e. The summed E-state index contributed by atoms with van der Waals surface area (Å²) in [6.45, 7) is 11.9. The third-order valence-electron chi connectivity index (χ3n) is 9.31. The Morgan fingerprint density at radius 2 is 0.875 bits per heavy atom. The van der Waals surface area contributed by atoms with E-state index in [4.69, 9.17) is 0 Å². The first-order chi connectivity index (χ1) is 18.1. The van der Waals surface area contributed by atoms with Crippen LogP contribution in [0.1, 0.15) is 54.5 Å². The summed E-state index contributed by atoms with van der Waals surface area (Å²) in [5.74, 6) is 0. The Morgan fingerprint density at radius 1 is 0.525 bits per heavy atom. The zero-order chi connectivity index (χ0) is 26.8. The standard InChI is InChI=1S/2C17H15.2CH3.2ClH.H2Si.Zr/c2*1-12-10-16-13(2)8-9-15(17(16)11-12)14-6-4-3-5-7-14;;;;;;/h2*3-11H,1-2H3;2*1H3;2*1H;1H2;. The Kier molecular flexibility index (Phi) is 8.55. The number of fused-ring (bicyclic) bond motifs is 2. The fraction of sp³-hybridized carbons (Fsp3) is 0.222. The SMILES string of the molecule is CC1=Cc2c(-c3ccccc3)ccc(C)c2[CH]1[Zr]([CH3])([CH3])(=[SiH2])[CH]1C(C)=Cc2c(-c3ccccc3)ccc(C)c21.Cl.Cl. The van der Waals surface area contributed by atoms with Gasteiger partial charge in [0.05, 0.1) is 0 Å². The van der Waals surface area contributed by atoms with Crippen LogP contribution in [0.5, 0.6) is 0 Å². The number of hydrogen-bond donors (Lipinski definition) is 0. The molecule has 0 aromatic heterocycles. The van der Waals surface area contributed by atoms with Gasteiger partial charge in [0.2, 0.25) is 0 Å². The molecule has 2 aliphatic carbocycles. The second kappa shape index (κ2) is 11.0. The number of allylic oxidation sites excluding steroid dienone is 2. The molecule has 0 fully saturated rings. The molecule has 0 spiro atoms. The zero-order valence-electron chi connectivity index (χ0n) is 24.4. The average Bonchev–Trinajstić information content (AvgIpc) is 3.44. The van der Waals surface area contributed by atoms with Gasteiger partial charge >= 0.3 is 232 Å². The van der Waals surface area contributed by atoms with E-state index in [9.17, 15) is 0 Å². The van der Waals surface area contributed by atoms with Gasteiger partial charge in [-0.25, -0.2) is 0 Å². The van der Waals surface area contributed by atoms with E-state index in [0.29, 0.717) is 7.25 Å². The maximum Gasteiger partial charge on any atom is -0.147 e. The van der Waals surface area contributed by atoms with E-state index in [1.807, 2.05) is 0 Å². The van der Waals surface area contributed by atoms with Gasteiger partial charge in [-0.15, -0.1) is 24.8 Å². The van der Waals surface area contributed by atoms with E-state index in [-0.39, 0.29) is 24.8 Å². The summed E-state index contributed by atoms with van der Waals surface area (Å²) in [6.07, 6.45) is 5.07. The third-order valence-corrected chi connectivity index (χ3v) is 27.1. The van der Waals surface area contributed by atoms with Crippen LogP contribution in [0.25, 0.3) is 34.4 Å². The first-order valence-corrected chi connectivity index (χ1v) is 27.6. The van der Waals surface area contributed by atoms with E-state index < -0.39 is 17.4 Å². The average molecular weight is 663 g/mol. The van der Waals surface area contributed by atoms with E-state index in [1.165, 1.54) is 44.5 Å². The van der Waals surface area contributed by atoms with Gasteiger partial charge in [0, 0.05) is 0 Å². The van der Waals surface area contributed by atoms with Crippen LogP contribution in [0.2, 0.25) is 9.26 Å². The largest absolute Gasteiger partial charge is 0.147 e. The molecule has 2 unspecified atom stereocenters. The molecular weight excluding hydrogens is 623 g/mol. The van der Waals surface area contributed by atoms with Crippen molar-refractivity contribution < 1.29 is 17.4 Å². The van der Waals surface area contributed by atoms with Crippen molar-refractivity contribution in [2.24, 2.45) is 0 Å². The third kappa shape index (κ3) is 4.80. The summed E-state index contributed by atoms with van der Waals surface area (Å²) in [5, 5.41) is 0. The molecule has 0 saturated carbocycles. The van der Waals surface area contributed by atoms with Gasteiger partial charge in [0.1, 0.15) is 0 Å². The minimum atomic E-state index is -3.57. The molecule has 0 radical (unpaired) electrons. The van der Waals surface area contributed by atoms with Crippen molar-refractivity contribution in [3.8, 4) is 22.3 Å². The van der Waals surface area contributed by atoms with Crippen molar-refractivity contribution in [3.05, 3.63) is 129 Å². The number of benzene rings is 4. The fourth-order valence-electron chi connectivity index (χ4n) is 7.99. The molecule has 6 rings (SSSR count). The normalized spacial score (nSPS) is 17.7. The monoisotopic (exact) mass is 660 g/mol. The maximum absolute atomic E-state index is 3.57. The molecule has 0 nitrogen and oxygen atoms in total. The molecule has 206 valence electrons. The van der Waals surface area contributed by atoms with Crippen LogP contribution < -0.4 is 0 Å². The quantitative estimate of drug-likeness (QED) is 0.191. The number of hydrogen-bond acceptors (Lipinski definition) is 0. The predicted molar refractivity (Wildman–Crippen MR) is 181 cm³/mol. The first-order valence-electron chi connectivity index (χ1n) is 13.9. The van der Waals surface area contributed by atoms with Crippen molar-refractivity contribution >= 4 is 43.8 Å². The molecule has 0 amide bonds. The van der Waals surface area contributed by atoms with E-state index in [1.54, 1.807) is 22.3 Å². The molecule has 40 heavy (non-hydrogen) atoms. The Labute approximate surface area is 255 Å². The molecule has 4 heteroatoms. The minimum Gasteiger partial charge on any atom is -0.147 e. The molecule has 0 N–H and O–H groups in total. The molecule has 4 aromatic carbocycles. The first kappa shape index (κ1) is 31.0. The van der Waals surface area contributed by atoms with Crippen molar-refractivity contribution in [1.82, 2.24) is 0 Å². The van der Waals surface area contributed by atoms with Gasteiger partial charge in [-0.1, -0.05) is 0 Å². The topological polar surface area (TPSA) is 0 Å². The molecule has 0 aliphatic heterocycles. The second-order valence-corrected chi connectivity index (χ2v) is 43.3. The van der Waals surface area contributed by atoms with Crippen molar-refractivity contribution in [2.45, 2.75) is 44.2 Å². The summed E-state index contributed by atoms with van der Waals surface area (Å²) in [6, 6.07) is 31.3. The summed E-state index contributed by atoms with van der Waals surface area (Å²) < 4.78 is 6.56. The predicted octanol–water partition coefficient (Wildman–Crippen LogP) is 10.4. The van der Waals surface area contributed by atoms with Gasteiger partial charge in [-0.3, -0.25) is 0 Å². The molecule has 0 bridgehead atoms. The van der Waals surface area contributed by atoms with E-state index >= 15 is 0 Å². The van der Waals surface area contributed by atoms with Gasteiger partial charge in [-0.05, 0) is 0 Å². The van der Waals surface area contributed by atoms with Gasteiger partial charge in [0.25, 0.3) is 0 Å². The van der Waals surface area contributed by atoms with Crippen molar-refractivity contribution in [3.63, 3.8) is 0 Å². The van der Waals surface area contributed by atoms with Crippen LogP contribution in [-0.2, 0) is 17.4 Å². The second-order valence-electron chi connectivity index (χ2n) is 12.8. The number of aryl methyl sites for hydroxylation is 2. The van der Waals surface area contributed by atoms with E-state index in [2.05, 4.69) is 141 Å². The van der Waals surface area contributed by atoms with Gasteiger partial charge in [0.15, 0.2) is 0 Å². The molecule has 2 aliphatic rings. The summed E-state index contributed by atoms with van der Waals surface area (Å²) in [5.41, 5.74) is 17.6. The fourth-order valence-corrected chi connectivity index (χ4v) is 29.3. The van der Waals surface area contributed by atoms with Crippen LogP contribution in [0.4, 0.5) is 0 Å². The van der Waals surface area contributed by atoms with Gasteiger partial charge < -0.3 is 0 Å². The van der Waals surface area contributed by atoms with Crippen LogP contribution in [0, 0.1) is 13.8 Å². The van der Waals surface area contributed by atoms with Crippen LogP contribution in [0.15, 0.2) is 96.1 Å². The summed E-state index contributed by atoms with van der Waals surface area (Å²) in [4.78, 5) is 0. The van der Waals surface area contributed by atoms with Crippen molar-refractivity contribution in [1.29, 1.82) is 0 Å². The van der Waals surface area contributed by atoms with Crippen molar-refractivity contribution in [2.75, 3.05) is 0 Å². The Balaban J connectivity index is 0.00000185. The van der Waals surface area contributed by atoms with Crippen LogP contribution in [0.3, 0.4) is 0 Å². The Bertz CT molecular complexity index is 1600. The molecule has 0 saturated heterocycles. The van der Waals surface area contributed by atoms with Crippen LogP contribution in [-0.4, -0.2) is 6.88 Å². The Hall–Kier alpha value is -1.96. The maximum atomic E-state index is 2.75. The molecule has 0 heterocycles. The van der Waals surface area contributed by atoms with E-state index in [0.717, 1.165) is 0 Å².